The fourth-order valence-electron chi connectivity index (χ4n) is 4.06. The number of nitrogens with one attached hydrogen (secondary N) is 1. The summed E-state index contributed by atoms with van der Waals surface area (Å²) in [7, 11) is 0. The van der Waals surface area contributed by atoms with E-state index in [1.165, 1.54) is 38.9 Å². The Morgan fingerprint density at radius 1 is 0.680 bits per heavy atom. The molecule has 1 heteroatoms. The van der Waals surface area contributed by atoms with Crippen molar-refractivity contribution in [2.75, 3.05) is 5.32 Å². The molecule has 4 rings (SSSR count). The van der Waals surface area contributed by atoms with Gasteiger partial charge in [-0.2, -0.15) is 0 Å². The van der Waals surface area contributed by atoms with E-state index in [2.05, 4.69) is 94.5 Å². The molecule has 0 radical (unpaired) electrons. The van der Waals surface area contributed by atoms with Crippen LogP contribution in [-0.2, 0) is 5.41 Å². The predicted molar refractivity (Wildman–Crippen MR) is 108 cm³/mol. The van der Waals surface area contributed by atoms with Crippen LogP contribution < -0.4 is 5.32 Å². The highest BCUT2D eigenvalue weighted by Crippen LogP contribution is 2.49. The van der Waals surface area contributed by atoms with Crippen LogP contribution >= 0.6 is 0 Å². The third kappa shape index (κ3) is 2.46. The van der Waals surface area contributed by atoms with Crippen molar-refractivity contribution in [2.45, 2.75) is 40.0 Å². The Bertz CT molecular complexity index is 956. The van der Waals surface area contributed by atoms with Gasteiger partial charge in [0.2, 0.25) is 0 Å². The zero-order chi connectivity index (χ0) is 17.8. The molecule has 0 fully saturated rings. The lowest BCUT2D eigenvalue weighted by atomic mass is 9.82. The van der Waals surface area contributed by atoms with E-state index in [-0.39, 0.29) is 5.41 Å². The van der Waals surface area contributed by atoms with Gasteiger partial charge < -0.3 is 5.32 Å². The standard InChI is InChI=1S/C24H25N/c1-15-12-19(13-16(2)17(15)3)25-18-10-11-21-20-8-6-7-9-22(20)24(4,5)23(21)14-18/h6-14,25H,1-5H3. The first-order valence-electron chi connectivity index (χ1n) is 8.97. The Balaban J connectivity index is 1.75. The fourth-order valence-corrected chi connectivity index (χ4v) is 4.06. The van der Waals surface area contributed by atoms with Crippen LogP contribution in [0.1, 0.15) is 41.7 Å². The summed E-state index contributed by atoms with van der Waals surface area (Å²) in [6.45, 7) is 11.2. The molecule has 1 N–H and O–H groups in total. The lowest BCUT2D eigenvalue weighted by Crippen LogP contribution is -2.15. The zero-order valence-corrected chi connectivity index (χ0v) is 15.7. The molecule has 0 atom stereocenters. The maximum atomic E-state index is 3.61. The number of benzene rings is 3. The molecule has 1 aliphatic rings. The first kappa shape index (κ1) is 16.0. The normalized spacial score (nSPS) is 14.1. The Hall–Kier alpha value is -2.54. The summed E-state index contributed by atoms with van der Waals surface area (Å²) in [5.41, 5.74) is 11.9. The van der Waals surface area contributed by atoms with E-state index in [1.54, 1.807) is 0 Å². The van der Waals surface area contributed by atoms with Gasteiger partial charge in [0.25, 0.3) is 0 Å². The molecule has 1 aliphatic carbocycles. The molecule has 3 aromatic carbocycles. The van der Waals surface area contributed by atoms with Crippen molar-refractivity contribution in [3.8, 4) is 11.1 Å². The topological polar surface area (TPSA) is 12.0 Å². The molecule has 0 saturated carbocycles. The van der Waals surface area contributed by atoms with E-state index in [0.29, 0.717) is 0 Å². The number of rotatable bonds is 2. The van der Waals surface area contributed by atoms with Gasteiger partial charge in [0.15, 0.2) is 0 Å². The van der Waals surface area contributed by atoms with Crippen molar-refractivity contribution in [3.05, 3.63) is 82.4 Å². The Labute approximate surface area is 150 Å². The summed E-state index contributed by atoms with van der Waals surface area (Å²) in [4.78, 5) is 0. The first-order chi connectivity index (χ1) is 11.9. The quantitative estimate of drug-likeness (QED) is 0.555. The fraction of sp³-hybridized carbons (Fsp3) is 0.250. The van der Waals surface area contributed by atoms with E-state index in [1.807, 2.05) is 0 Å². The van der Waals surface area contributed by atoms with E-state index >= 15 is 0 Å². The number of anilines is 2. The first-order valence-corrected chi connectivity index (χ1v) is 8.97. The van der Waals surface area contributed by atoms with Crippen LogP contribution in [0.3, 0.4) is 0 Å². The number of hydrogen-bond acceptors (Lipinski definition) is 1. The molecule has 0 saturated heterocycles. The van der Waals surface area contributed by atoms with E-state index in [4.69, 9.17) is 0 Å². The second-order valence-corrected chi connectivity index (χ2v) is 7.79. The lowest BCUT2D eigenvalue weighted by molar-refractivity contribution is 0.660. The molecule has 3 aromatic rings. The van der Waals surface area contributed by atoms with Crippen LogP contribution in [0, 0.1) is 20.8 Å². The molecule has 0 heterocycles. The van der Waals surface area contributed by atoms with Gasteiger partial charge in [0.1, 0.15) is 0 Å². The zero-order valence-electron chi connectivity index (χ0n) is 15.7. The van der Waals surface area contributed by atoms with Crippen molar-refractivity contribution < 1.29 is 0 Å². The van der Waals surface area contributed by atoms with Crippen molar-refractivity contribution in [1.29, 1.82) is 0 Å². The van der Waals surface area contributed by atoms with E-state index in [9.17, 15) is 0 Å². The third-order valence-corrected chi connectivity index (χ3v) is 5.80. The van der Waals surface area contributed by atoms with Crippen molar-refractivity contribution in [2.24, 2.45) is 0 Å². The predicted octanol–water partition coefficient (Wildman–Crippen LogP) is 6.66. The van der Waals surface area contributed by atoms with Crippen LogP contribution in [0.25, 0.3) is 11.1 Å². The van der Waals surface area contributed by atoms with Gasteiger partial charge >= 0.3 is 0 Å². The highest BCUT2D eigenvalue weighted by molar-refractivity contribution is 5.83. The Morgan fingerprint density at radius 3 is 2.04 bits per heavy atom. The lowest BCUT2D eigenvalue weighted by Gasteiger charge is -2.22. The number of hydrogen-bond donors (Lipinski definition) is 1. The molecular weight excluding hydrogens is 302 g/mol. The van der Waals surface area contributed by atoms with Crippen LogP contribution in [0.2, 0.25) is 0 Å². The smallest absolute Gasteiger partial charge is 0.0389 e. The monoisotopic (exact) mass is 327 g/mol. The molecule has 126 valence electrons. The molecule has 1 nitrogen and oxygen atoms in total. The molecule has 0 bridgehead atoms. The van der Waals surface area contributed by atoms with E-state index < -0.39 is 0 Å². The SMILES string of the molecule is Cc1cc(Nc2ccc3c(c2)C(C)(C)c2ccccc2-3)cc(C)c1C. The maximum Gasteiger partial charge on any atom is 0.0389 e. The molecule has 0 spiro atoms. The molecule has 0 unspecified atom stereocenters. The highest BCUT2D eigenvalue weighted by Gasteiger charge is 2.35. The van der Waals surface area contributed by atoms with Gasteiger partial charge in [-0.05, 0) is 84.0 Å². The minimum Gasteiger partial charge on any atom is -0.356 e. The minimum absolute atomic E-state index is 0.0444. The summed E-state index contributed by atoms with van der Waals surface area (Å²) in [5, 5.41) is 3.61. The average Bonchev–Trinajstić information content (AvgIpc) is 2.81. The average molecular weight is 327 g/mol. The maximum absolute atomic E-state index is 3.61. The molecule has 0 aliphatic heterocycles. The largest absolute Gasteiger partial charge is 0.356 e. The third-order valence-electron chi connectivity index (χ3n) is 5.80. The van der Waals surface area contributed by atoms with Gasteiger partial charge in [-0.3, -0.25) is 0 Å². The second kappa shape index (κ2) is 5.49. The van der Waals surface area contributed by atoms with Gasteiger partial charge in [-0.1, -0.05) is 44.2 Å². The van der Waals surface area contributed by atoms with Crippen molar-refractivity contribution >= 4 is 11.4 Å². The van der Waals surface area contributed by atoms with Crippen LogP contribution in [0.15, 0.2) is 54.6 Å². The van der Waals surface area contributed by atoms with Crippen molar-refractivity contribution in [1.82, 2.24) is 0 Å². The minimum atomic E-state index is 0.0444. The van der Waals surface area contributed by atoms with Gasteiger partial charge in [0, 0.05) is 16.8 Å². The summed E-state index contributed by atoms with van der Waals surface area (Å²) >= 11 is 0. The van der Waals surface area contributed by atoms with E-state index in [0.717, 1.165) is 11.4 Å². The summed E-state index contributed by atoms with van der Waals surface area (Å²) in [6.07, 6.45) is 0. The summed E-state index contributed by atoms with van der Waals surface area (Å²) in [6, 6.07) is 20.0. The Morgan fingerprint density at radius 2 is 1.32 bits per heavy atom. The van der Waals surface area contributed by atoms with Crippen LogP contribution in [0.4, 0.5) is 11.4 Å². The summed E-state index contributed by atoms with van der Waals surface area (Å²) in [5.74, 6) is 0. The molecule has 25 heavy (non-hydrogen) atoms. The van der Waals surface area contributed by atoms with Gasteiger partial charge in [0.05, 0.1) is 0 Å². The van der Waals surface area contributed by atoms with Gasteiger partial charge in [-0.15, -0.1) is 0 Å². The molecular formula is C24H25N. The Kier molecular flexibility index (Phi) is 3.50. The van der Waals surface area contributed by atoms with Crippen LogP contribution in [0.5, 0.6) is 0 Å². The second-order valence-electron chi connectivity index (χ2n) is 7.79. The number of fused-ring (bicyclic) bond motifs is 3. The summed E-state index contributed by atoms with van der Waals surface area (Å²) < 4.78 is 0. The highest BCUT2D eigenvalue weighted by atomic mass is 14.9. The number of aryl methyl sites for hydroxylation is 2. The molecule has 0 aromatic heterocycles. The van der Waals surface area contributed by atoms with Crippen molar-refractivity contribution in [3.63, 3.8) is 0 Å². The van der Waals surface area contributed by atoms with Crippen LogP contribution in [-0.4, -0.2) is 0 Å². The molecule has 0 amide bonds. The van der Waals surface area contributed by atoms with Gasteiger partial charge in [-0.25, -0.2) is 0 Å².